The summed E-state index contributed by atoms with van der Waals surface area (Å²) in [7, 11) is 1.22. The summed E-state index contributed by atoms with van der Waals surface area (Å²) in [4.78, 5) is 11.4. The maximum absolute atomic E-state index is 14.0. The van der Waals surface area contributed by atoms with Crippen molar-refractivity contribution in [2.24, 2.45) is 5.41 Å². The number of hydrogen-bond donors (Lipinski definition) is 2. The Balaban J connectivity index is 2.17. The number of ether oxygens (including phenoxy) is 1. The van der Waals surface area contributed by atoms with Gasteiger partial charge in [0.2, 0.25) is 0 Å². The average molecular weight is 294 g/mol. The van der Waals surface area contributed by atoms with E-state index in [0.717, 1.165) is 19.3 Å². The van der Waals surface area contributed by atoms with E-state index in [1.54, 1.807) is 0 Å². The zero-order valence-corrected chi connectivity index (χ0v) is 12.8. The minimum Gasteiger partial charge on any atom is -0.465 e. The molecule has 21 heavy (non-hydrogen) atoms. The first-order valence-corrected chi connectivity index (χ1v) is 7.26. The van der Waals surface area contributed by atoms with Gasteiger partial charge in [-0.3, -0.25) is 0 Å². The van der Waals surface area contributed by atoms with Crippen molar-refractivity contribution in [1.82, 2.24) is 0 Å². The van der Waals surface area contributed by atoms with E-state index < -0.39 is 11.8 Å². The van der Waals surface area contributed by atoms with Crippen molar-refractivity contribution in [1.29, 1.82) is 0 Å². The van der Waals surface area contributed by atoms with Crippen LogP contribution in [0.15, 0.2) is 12.1 Å². The van der Waals surface area contributed by atoms with Gasteiger partial charge < -0.3 is 15.8 Å². The third kappa shape index (κ3) is 3.65. The third-order valence-electron chi connectivity index (χ3n) is 4.11. The summed E-state index contributed by atoms with van der Waals surface area (Å²) in [6, 6.07) is 2.89. The number of hydrogen-bond acceptors (Lipinski definition) is 4. The smallest absolute Gasteiger partial charge is 0.340 e. The molecule has 2 rings (SSSR count). The van der Waals surface area contributed by atoms with Gasteiger partial charge in [0.05, 0.1) is 24.0 Å². The Bertz CT molecular complexity index is 543. The standard InChI is InChI=1S/C16H23FN2O2/c1-16(2)6-4-5-10(9-16)19-14-8-12(17)11(7-13(14)18)15(20)21-3/h7-8,10,19H,4-6,9,18H2,1-3H3/t10-/m0/s1. The molecular formula is C16H23FN2O2. The summed E-state index contributed by atoms with van der Waals surface area (Å²) in [5.74, 6) is -1.34. The van der Waals surface area contributed by atoms with Crippen LogP contribution in [-0.4, -0.2) is 19.1 Å². The maximum Gasteiger partial charge on any atom is 0.340 e. The largest absolute Gasteiger partial charge is 0.465 e. The summed E-state index contributed by atoms with van der Waals surface area (Å²) in [6.45, 7) is 4.48. The Morgan fingerprint density at radius 1 is 1.48 bits per heavy atom. The Morgan fingerprint density at radius 3 is 2.81 bits per heavy atom. The molecule has 3 N–H and O–H groups in total. The van der Waals surface area contributed by atoms with E-state index in [0.29, 0.717) is 11.4 Å². The molecular weight excluding hydrogens is 271 g/mol. The molecule has 0 aromatic heterocycles. The summed E-state index contributed by atoms with van der Waals surface area (Å²) >= 11 is 0. The van der Waals surface area contributed by atoms with Crippen LogP contribution in [-0.2, 0) is 4.74 Å². The maximum atomic E-state index is 14.0. The molecule has 0 aliphatic heterocycles. The van der Waals surface area contributed by atoms with Crippen molar-refractivity contribution in [2.75, 3.05) is 18.2 Å². The summed E-state index contributed by atoms with van der Waals surface area (Å²) in [6.07, 6.45) is 4.42. The molecule has 1 aromatic rings. The van der Waals surface area contributed by atoms with Crippen molar-refractivity contribution in [2.45, 2.75) is 45.6 Å². The van der Waals surface area contributed by atoms with Crippen LogP contribution in [0.2, 0.25) is 0 Å². The lowest BCUT2D eigenvalue weighted by Gasteiger charge is -2.36. The number of methoxy groups -OCH3 is 1. The Labute approximate surface area is 124 Å². The fourth-order valence-electron chi connectivity index (χ4n) is 3.02. The molecule has 1 fully saturated rings. The molecule has 1 aliphatic carbocycles. The van der Waals surface area contributed by atoms with Crippen LogP contribution in [0.1, 0.15) is 49.9 Å². The van der Waals surface area contributed by atoms with E-state index in [1.165, 1.54) is 25.7 Å². The molecule has 0 saturated heterocycles. The van der Waals surface area contributed by atoms with E-state index in [4.69, 9.17) is 5.73 Å². The van der Waals surface area contributed by atoms with Crippen LogP contribution in [0, 0.1) is 11.2 Å². The second-order valence-electron chi connectivity index (χ2n) is 6.51. The number of nitrogen functional groups attached to an aromatic ring is 1. The quantitative estimate of drug-likeness (QED) is 0.660. The molecule has 0 spiro atoms. The van der Waals surface area contributed by atoms with E-state index >= 15 is 0 Å². The van der Waals surface area contributed by atoms with Gasteiger partial charge in [0.1, 0.15) is 5.82 Å². The molecule has 1 saturated carbocycles. The van der Waals surface area contributed by atoms with Crippen LogP contribution < -0.4 is 11.1 Å². The van der Waals surface area contributed by atoms with Gasteiger partial charge in [0, 0.05) is 6.04 Å². The van der Waals surface area contributed by atoms with Crippen molar-refractivity contribution in [3.8, 4) is 0 Å². The number of rotatable bonds is 3. The average Bonchev–Trinajstić information content (AvgIpc) is 2.40. The molecule has 4 nitrogen and oxygen atoms in total. The summed E-state index contributed by atoms with van der Waals surface area (Å²) in [5, 5.41) is 3.31. The van der Waals surface area contributed by atoms with Gasteiger partial charge in [0.15, 0.2) is 0 Å². The lowest BCUT2D eigenvalue weighted by molar-refractivity contribution is 0.0595. The number of anilines is 2. The fraction of sp³-hybridized carbons (Fsp3) is 0.562. The highest BCUT2D eigenvalue weighted by atomic mass is 19.1. The van der Waals surface area contributed by atoms with Crippen molar-refractivity contribution in [3.63, 3.8) is 0 Å². The number of nitrogens with one attached hydrogen (secondary N) is 1. The van der Waals surface area contributed by atoms with Gasteiger partial charge in [-0.15, -0.1) is 0 Å². The lowest BCUT2D eigenvalue weighted by Crippen LogP contribution is -2.32. The van der Waals surface area contributed by atoms with Crippen LogP contribution in [0.3, 0.4) is 0 Å². The number of benzene rings is 1. The zero-order chi connectivity index (χ0) is 15.6. The first kappa shape index (κ1) is 15.6. The monoisotopic (exact) mass is 294 g/mol. The Morgan fingerprint density at radius 2 is 2.19 bits per heavy atom. The Hall–Kier alpha value is -1.78. The first-order valence-electron chi connectivity index (χ1n) is 7.26. The van der Waals surface area contributed by atoms with E-state index in [2.05, 4.69) is 23.9 Å². The van der Waals surface area contributed by atoms with Gasteiger partial charge in [-0.05, 0) is 36.8 Å². The minimum absolute atomic E-state index is 0.135. The zero-order valence-electron chi connectivity index (χ0n) is 12.8. The van der Waals surface area contributed by atoms with E-state index in [1.807, 2.05) is 0 Å². The summed E-state index contributed by atoms with van der Waals surface area (Å²) in [5.41, 5.74) is 6.99. The normalized spacial score (nSPS) is 20.9. The molecule has 116 valence electrons. The molecule has 5 heteroatoms. The van der Waals surface area contributed by atoms with Gasteiger partial charge in [0.25, 0.3) is 0 Å². The molecule has 0 unspecified atom stereocenters. The molecule has 0 bridgehead atoms. The van der Waals surface area contributed by atoms with Crippen LogP contribution in [0.5, 0.6) is 0 Å². The second kappa shape index (κ2) is 5.92. The van der Waals surface area contributed by atoms with Gasteiger partial charge in [-0.1, -0.05) is 20.3 Å². The van der Waals surface area contributed by atoms with Crippen LogP contribution in [0.4, 0.5) is 15.8 Å². The second-order valence-corrected chi connectivity index (χ2v) is 6.51. The third-order valence-corrected chi connectivity index (χ3v) is 4.11. The van der Waals surface area contributed by atoms with Gasteiger partial charge in [-0.25, -0.2) is 9.18 Å². The van der Waals surface area contributed by atoms with Gasteiger partial charge in [-0.2, -0.15) is 0 Å². The van der Waals surface area contributed by atoms with Crippen molar-refractivity contribution < 1.29 is 13.9 Å². The van der Waals surface area contributed by atoms with Crippen molar-refractivity contribution in [3.05, 3.63) is 23.5 Å². The number of carbonyl (C=O) groups is 1. The number of halogens is 1. The van der Waals surface area contributed by atoms with Crippen molar-refractivity contribution >= 4 is 17.3 Å². The number of carbonyl (C=O) groups excluding carboxylic acids is 1. The highest BCUT2D eigenvalue weighted by Crippen LogP contribution is 2.37. The SMILES string of the molecule is COC(=O)c1cc(N)c(N[C@H]2CCCC(C)(C)C2)cc1F. The molecule has 1 aliphatic rings. The topological polar surface area (TPSA) is 64.3 Å². The minimum atomic E-state index is -0.718. The number of esters is 1. The summed E-state index contributed by atoms with van der Waals surface area (Å²) < 4.78 is 18.5. The number of nitrogens with two attached hydrogens (primary N) is 1. The molecule has 0 amide bonds. The first-order chi connectivity index (χ1) is 9.82. The van der Waals surface area contributed by atoms with Gasteiger partial charge >= 0.3 is 5.97 Å². The Kier molecular flexibility index (Phi) is 4.40. The highest BCUT2D eigenvalue weighted by molar-refractivity contribution is 5.92. The predicted octanol–water partition coefficient (Wildman–Crippen LogP) is 3.58. The van der Waals surface area contributed by atoms with Crippen LogP contribution in [0.25, 0.3) is 0 Å². The molecule has 1 aromatic carbocycles. The van der Waals surface area contributed by atoms with E-state index in [9.17, 15) is 9.18 Å². The lowest BCUT2D eigenvalue weighted by atomic mass is 9.75. The molecule has 1 atom stereocenters. The molecule has 0 heterocycles. The molecule has 0 radical (unpaired) electrons. The van der Waals surface area contributed by atoms with E-state index in [-0.39, 0.29) is 17.0 Å². The predicted molar refractivity (Wildman–Crippen MR) is 81.8 cm³/mol. The van der Waals surface area contributed by atoms with Crippen LogP contribution >= 0.6 is 0 Å². The fourth-order valence-corrected chi connectivity index (χ4v) is 3.02. The highest BCUT2D eigenvalue weighted by Gasteiger charge is 2.28.